The van der Waals surface area contributed by atoms with E-state index in [2.05, 4.69) is 4.72 Å². The zero-order valence-electron chi connectivity index (χ0n) is 13.6. The topological polar surface area (TPSA) is 66.4 Å². The first-order valence-corrected chi connectivity index (χ1v) is 9.45. The highest BCUT2D eigenvalue weighted by molar-refractivity contribution is 7.92. The molecule has 5 heteroatoms. The first-order valence-electron chi connectivity index (χ1n) is 7.96. The number of hydrogen-bond donors (Lipinski definition) is 2. The highest BCUT2D eigenvalue weighted by Gasteiger charge is 2.27. The second-order valence-corrected chi connectivity index (χ2v) is 7.89. The summed E-state index contributed by atoms with van der Waals surface area (Å²) < 4.78 is 27.7. The Balaban J connectivity index is 1.69. The number of sulfonamides is 1. The average Bonchev–Trinajstić information content (AvgIpc) is 2.88. The summed E-state index contributed by atoms with van der Waals surface area (Å²) in [4.78, 5) is 0.211. The number of aliphatic hydroxyl groups is 1. The predicted octanol–water partition coefficient (Wildman–Crippen LogP) is 3.86. The molecule has 0 aliphatic heterocycles. The van der Waals surface area contributed by atoms with Gasteiger partial charge in [-0.2, -0.15) is 0 Å². The minimum Gasteiger partial charge on any atom is -0.384 e. The van der Waals surface area contributed by atoms with E-state index in [-0.39, 0.29) is 4.90 Å². The summed E-state index contributed by atoms with van der Waals surface area (Å²) in [6.45, 7) is 1.91. The summed E-state index contributed by atoms with van der Waals surface area (Å²) in [5, 5.41) is 10.5. The molecule has 2 N–H and O–H groups in total. The van der Waals surface area contributed by atoms with Gasteiger partial charge >= 0.3 is 0 Å². The van der Waals surface area contributed by atoms with Gasteiger partial charge in [0, 0.05) is 5.69 Å². The maximum absolute atomic E-state index is 12.5. The van der Waals surface area contributed by atoms with E-state index in [1.807, 2.05) is 37.3 Å². The Hall–Kier alpha value is -2.63. The number of fused-ring (bicyclic) bond motifs is 3. The lowest BCUT2D eigenvalue weighted by molar-refractivity contribution is 0.225. The minimum atomic E-state index is -3.66. The van der Waals surface area contributed by atoms with Crippen LogP contribution in [0.25, 0.3) is 11.1 Å². The molecule has 0 fully saturated rings. The molecular weight excluding hydrogens is 334 g/mol. The van der Waals surface area contributed by atoms with Crippen LogP contribution in [0.1, 0.15) is 22.8 Å². The van der Waals surface area contributed by atoms with Crippen molar-refractivity contribution in [2.24, 2.45) is 0 Å². The molecule has 0 saturated heterocycles. The predicted molar refractivity (Wildman–Crippen MR) is 97.9 cm³/mol. The Morgan fingerprint density at radius 3 is 2.32 bits per heavy atom. The fourth-order valence-electron chi connectivity index (χ4n) is 3.18. The third-order valence-electron chi connectivity index (χ3n) is 4.48. The first kappa shape index (κ1) is 15.9. The summed E-state index contributed by atoms with van der Waals surface area (Å²) in [7, 11) is -3.66. The van der Waals surface area contributed by atoms with E-state index in [1.54, 1.807) is 36.4 Å². The summed E-state index contributed by atoms with van der Waals surface area (Å²) >= 11 is 0. The monoisotopic (exact) mass is 351 g/mol. The van der Waals surface area contributed by atoms with E-state index in [0.29, 0.717) is 11.3 Å². The highest BCUT2D eigenvalue weighted by atomic mass is 32.2. The number of nitrogens with one attached hydrogen (secondary N) is 1. The average molecular weight is 351 g/mol. The summed E-state index contributed by atoms with van der Waals surface area (Å²) in [6.07, 6.45) is -0.741. The largest absolute Gasteiger partial charge is 0.384 e. The van der Waals surface area contributed by atoms with E-state index in [4.69, 9.17) is 0 Å². The van der Waals surface area contributed by atoms with E-state index in [0.717, 1.165) is 22.3 Å². The van der Waals surface area contributed by atoms with Gasteiger partial charge in [-0.1, -0.05) is 48.0 Å². The Bertz CT molecular complexity index is 1060. The molecular formula is C20H17NO3S. The fraction of sp³-hybridized carbons (Fsp3) is 0.100. The van der Waals surface area contributed by atoms with Crippen LogP contribution in [0.3, 0.4) is 0 Å². The van der Waals surface area contributed by atoms with Crippen molar-refractivity contribution in [3.63, 3.8) is 0 Å². The molecule has 1 aliphatic carbocycles. The van der Waals surface area contributed by atoms with Crippen molar-refractivity contribution in [2.75, 3.05) is 4.72 Å². The number of anilines is 1. The zero-order chi connectivity index (χ0) is 17.6. The molecule has 0 radical (unpaired) electrons. The molecule has 0 bridgehead atoms. The van der Waals surface area contributed by atoms with Crippen molar-refractivity contribution in [2.45, 2.75) is 17.9 Å². The van der Waals surface area contributed by atoms with Gasteiger partial charge in [-0.25, -0.2) is 8.42 Å². The summed E-state index contributed by atoms with van der Waals surface area (Å²) in [6, 6.07) is 19.6. The van der Waals surface area contributed by atoms with Crippen LogP contribution >= 0.6 is 0 Å². The molecule has 25 heavy (non-hydrogen) atoms. The van der Waals surface area contributed by atoms with Crippen LogP contribution in [0.2, 0.25) is 0 Å². The molecule has 0 saturated carbocycles. The SMILES string of the molecule is Cc1ccc(S(=O)(=O)Nc2ccc3c(c2)[C@@H](O)c2ccccc2-3)cc1. The molecule has 0 heterocycles. The van der Waals surface area contributed by atoms with E-state index < -0.39 is 16.1 Å². The van der Waals surface area contributed by atoms with Gasteiger partial charge in [-0.3, -0.25) is 4.72 Å². The van der Waals surface area contributed by atoms with Gasteiger partial charge in [0.1, 0.15) is 6.10 Å². The highest BCUT2D eigenvalue weighted by Crippen LogP contribution is 2.44. The molecule has 1 aliphatic rings. The van der Waals surface area contributed by atoms with Gasteiger partial charge in [0.2, 0.25) is 0 Å². The van der Waals surface area contributed by atoms with Gasteiger partial charge < -0.3 is 5.11 Å². The van der Waals surface area contributed by atoms with E-state index in [1.165, 1.54) is 0 Å². The second-order valence-electron chi connectivity index (χ2n) is 6.21. The molecule has 3 aromatic carbocycles. The van der Waals surface area contributed by atoms with Crippen LogP contribution in [-0.2, 0) is 10.0 Å². The van der Waals surface area contributed by atoms with Crippen molar-refractivity contribution in [1.82, 2.24) is 0 Å². The number of rotatable bonds is 3. The van der Waals surface area contributed by atoms with Crippen LogP contribution in [0.15, 0.2) is 71.6 Å². The number of aryl methyl sites for hydroxylation is 1. The number of benzene rings is 3. The second kappa shape index (κ2) is 5.72. The molecule has 1 atom stereocenters. The summed E-state index contributed by atoms with van der Waals surface area (Å²) in [5.74, 6) is 0. The van der Waals surface area contributed by atoms with Gasteiger partial charge in [0.05, 0.1) is 4.90 Å². The third-order valence-corrected chi connectivity index (χ3v) is 5.87. The lowest BCUT2D eigenvalue weighted by Gasteiger charge is -2.11. The Morgan fingerprint density at radius 2 is 1.56 bits per heavy atom. The van der Waals surface area contributed by atoms with Crippen molar-refractivity contribution in [1.29, 1.82) is 0 Å². The molecule has 0 unspecified atom stereocenters. The van der Waals surface area contributed by atoms with Crippen LogP contribution < -0.4 is 4.72 Å². The number of hydrogen-bond acceptors (Lipinski definition) is 3. The van der Waals surface area contributed by atoms with Crippen LogP contribution in [-0.4, -0.2) is 13.5 Å². The molecule has 4 nitrogen and oxygen atoms in total. The first-order chi connectivity index (χ1) is 12.0. The molecule has 0 aromatic heterocycles. The molecule has 0 spiro atoms. The standard InChI is InChI=1S/C20H17NO3S/c1-13-6-9-15(10-7-13)25(23,24)21-14-8-11-17-16-4-2-3-5-18(16)20(22)19(17)12-14/h2-12,20-22H,1H3/t20-/m0/s1. The molecule has 4 rings (SSSR count). The van der Waals surface area contributed by atoms with Crippen molar-refractivity contribution < 1.29 is 13.5 Å². The third kappa shape index (κ3) is 2.71. The normalized spacial score (nSPS) is 15.5. The van der Waals surface area contributed by atoms with E-state index in [9.17, 15) is 13.5 Å². The lowest BCUT2D eigenvalue weighted by atomic mass is 10.1. The maximum atomic E-state index is 12.5. The maximum Gasteiger partial charge on any atom is 0.261 e. The molecule has 3 aromatic rings. The van der Waals surface area contributed by atoms with Crippen LogP contribution in [0.5, 0.6) is 0 Å². The van der Waals surface area contributed by atoms with Gasteiger partial charge in [-0.05, 0) is 53.4 Å². The fourth-order valence-corrected chi connectivity index (χ4v) is 4.23. The smallest absolute Gasteiger partial charge is 0.261 e. The number of aliphatic hydroxyl groups excluding tert-OH is 1. The van der Waals surface area contributed by atoms with Crippen molar-refractivity contribution in [3.8, 4) is 11.1 Å². The lowest BCUT2D eigenvalue weighted by Crippen LogP contribution is -2.13. The minimum absolute atomic E-state index is 0.211. The molecule has 126 valence electrons. The van der Waals surface area contributed by atoms with E-state index >= 15 is 0 Å². The Morgan fingerprint density at radius 1 is 0.880 bits per heavy atom. The molecule has 0 amide bonds. The zero-order valence-corrected chi connectivity index (χ0v) is 14.4. The quantitative estimate of drug-likeness (QED) is 0.753. The Kier molecular flexibility index (Phi) is 3.63. The summed E-state index contributed by atoms with van der Waals surface area (Å²) in [5.41, 5.74) is 4.91. The van der Waals surface area contributed by atoms with Gasteiger partial charge in [-0.15, -0.1) is 0 Å². The van der Waals surface area contributed by atoms with Crippen molar-refractivity contribution >= 4 is 15.7 Å². The Labute approximate surface area is 146 Å². The van der Waals surface area contributed by atoms with Crippen molar-refractivity contribution in [3.05, 3.63) is 83.4 Å². The van der Waals surface area contributed by atoms with Gasteiger partial charge in [0.25, 0.3) is 10.0 Å². The van der Waals surface area contributed by atoms with Crippen LogP contribution in [0.4, 0.5) is 5.69 Å². The van der Waals surface area contributed by atoms with Gasteiger partial charge in [0.15, 0.2) is 0 Å². The van der Waals surface area contributed by atoms with Crippen LogP contribution in [0, 0.1) is 6.92 Å².